The van der Waals surface area contributed by atoms with E-state index in [2.05, 4.69) is 18.0 Å². The molecule has 1 aromatic rings. The van der Waals surface area contributed by atoms with Gasteiger partial charge in [0.1, 0.15) is 0 Å². The summed E-state index contributed by atoms with van der Waals surface area (Å²) in [5.74, 6) is 0.674. The highest BCUT2D eigenvalue weighted by molar-refractivity contribution is 6.31. The van der Waals surface area contributed by atoms with Crippen LogP contribution >= 0.6 is 11.6 Å². The lowest BCUT2D eigenvalue weighted by molar-refractivity contribution is 0.0838. The minimum atomic E-state index is 0.640. The first-order valence-electron chi connectivity index (χ1n) is 5.86. The summed E-state index contributed by atoms with van der Waals surface area (Å²) in [6.45, 7) is 1.72. The Bertz CT molecular complexity index is 352. The van der Waals surface area contributed by atoms with Gasteiger partial charge in [-0.1, -0.05) is 29.8 Å². The fourth-order valence-electron chi connectivity index (χ4n) is 2.42. The molecule has 1 fully saturated rings. The molecule has 0 amide bonds. The summed E-state index contributed by atoms with van der Waals surface area (Å²) >= 11 is 6.15. The summed E-state index contributed by atoms with van der Waals surface area (Å²) in [4.78, 5) is 2.38. The summed E-state index contributed by atoms with van der Waals surface area (Å²) in [6.07, 6.45) is 2.54. The predicted molar refractivity (Wildman–Crippen MR) is 68.5 cm³/mol. The zero-order valence-corrected chi connectivity index (χ0v) is 10.5. The number of rotatable bonds is 4. The van der Waals surface area contributed by atoms with Gasteiger partial charge in [0.05, 0.1) is 0 Å². The molecule has 0 radical (unpaired) electrons. The highest BCUT2D eigenvalue weighted by Crippen LogP contribution is 2.31. The van der Waals surface area contributed by atoms with Gasteiger partial charge in [-0.2, -0.15) is 0 Å². The van der Waals surface area contributed by atoms with Gasteiger partial charge in [0.15, 0.2) is 0 Å². The predicted octanol–water partition coefficient (Wildman–Crippen LogP) is 2.51. The number of hydrogen-bond acceptors (Lipinski definition) is 2. The average molecular weight is 239 g/mol. The maximum Gasteiger partial charge on any atom is 0.0451 e. The van der Waals surface area contributed by atoms with Crippen molar-refractivity contribution in [1.29, 1.82) is 0 Å². The lowest BCUT2D eigenvalue weighted by Crippen LogP contribution is -2.47. The lowest BCUT2D eigenvalue weighted by Gasteiger charge is -2.42. The standard InChI is InChI=1S/C13H19ClN2/c1-16(13-7-6-10(13)8-15)9-11-4-2-3-5-12(11)14/h2-5,10,13H,6-9,15H2,1H3. The number of hydrogen-bond donors (Lipinski definition) is 1. The van der Waals surface area contributed by atoms with E-state index in [-0.39, 0.29) is 0 Å². The number of nitrogens with zero attached hydrogens (tertiary/aromatic N) is 1. The van der Waals surface area contributed by atoms with E-state index in [0.717, 1.165) is 18.1 Å². The summed E-state index contributed by atoms with van der Waals surface area (Å²) in [6, 6.07) is 8.69. The van der Waals surface area contributed by atoms with E-state index in [0.29, 0.717) is 12.0 Å². The van der Waals surface area contributed by atoms with Crippen molar-refractivity contribution in [3.8, 4) is 0 Å². The number of benzene rings is 1. The van der Waals surface area contributed by atoms with Crippen LogP contribution in [-0.2, 0) is 6.54 Å². The van der Waals surface area contributed by atoms with Crippen LogP contribution in [0, 0.1) is 5.92 Å². The van der Waals surface area contributed by atoms with Crippen LogP contribution in [0.1, 0.15) is 18.4 Å². The van der Waals surface area contributed by atoms with E-state index >= 15 is 0 Å². The van der Waals surface area contributed by atoms with Gasteiger partial charge in [0, 0.05) is 17.6 Å². The molecule has 2 atom stereocenters. The Kier molecular flexibility index (Phi) is 3.85. The summed E-state index contributed by atoms with van der Waals surface area (Å²) in [7, 11) is 2.16. The molecule has 0 spiro atoms. The quantitative estimate of drug-likeness (QED) is 0.874. The van der Waals surface area contributed by atoms with Crippen LogP contribution < -0.4 is 5.73 Å². The third-order valence-corrected chi connectivity index (χ3v) is 3.99. The second-order valence-electron chi connectivity index (χ2n) is 4.65. The highest BCUT2D eigenvalue weighted by atomic mass is 35.5. The zero-order valence-electron chi connectivity index (χ0n) is 9.70. The summed E-state index contributed by atoms with van der Waals surface area (Å²) < 4.78 is 0. The molecule has 1 aliphatic rings. The smallest absolute Gasteiger partial charge is 0.0451 e. The Morgan fingerprint density at radius 3 is 2.69 bits per heavy atom. The average Bonchev–Trinajstić information content (AvgIpc) is 2.20. The number of halogens is 1. The highest BCUT2D eigenvalue weighted by Gasteiger charge is 2.32. The molecule has 2 N–H and O–H groups in total. The Morgan fingerprint density at radius 1 is 1.38 bits per heavy atom. The van der Waals surface area contributed by atoms with Gasteiger partial charge in [-0.3, -0.25) is 4.90 Å². The maximum absolute atomic E-state index is 6.15. The van der Waals surface area contributed by atoms with Gasteiger partial charge in [0.2, 0.25) is 0 Å². The monoisotopic (exact) mass is 238 g/mol. The lowest BCUT2D eigenvalue weighted by atomic mass is 9.78. The molecule has 0 saturated heterocycles. The summed E-state index contributed by atoms with van der Waals surface area (Å²) in [5.41, 5.74) is 6.94. The van der Waals surface area contributed by atoms with Crippen LogP contribution in [0.4, 0.5) is 0 Å². The first kappa shape index (κ1) is 11.9. The van der Waals surface area contributed by atoms with Crippen LogP contribution in [0.3, 0.4) is 0 Å². The molecule has 16 heavy (non-hydrogen) atoms. The Morgan fingerprint density at radius 2 is 2.12 bits per heavy atom. The van der Waals surface area contributed by atoms with Gasteiger partial charge in [0.25, 0.3) is 0 Å². The molecular weight excluding hydrogens is 220 g/mol. The van der Waals surface area contributed by atoms with Crippen LogP contribution in [-0.4, -0.2) is 24.5 Å². The third kappa shape index (κ3) is 2.40. The maximum atomic E-state index is 6.15. The van der Waals surface area contributed by atoms with E-state index in [4.69, 9.17) is 17.3 Å². The summed E-state index contributed by atoms with van der Waals surface area (Å²) in [5, 5.41) is 0.859. The van der Waals surface area contributed by atoms with Crippen molar-refractivity contribution in [2.45, 2.75) is 25.4 Å². The Balaban J connectivity index is 1.97. The molecular formula is C13H19ClN2. The van der Waals surface area contributed by atoms with Crippen LogP contribution in [0.5, 0.6) is 0 Å². The van der Waals surface area contributed by atoms with Crippen LogP contribution in [0.25, 0.3) is 0 Å². The minimum Gasteiger partial charge on any atom is -0.330 e. The topological polar surface area (TPSA) is 29.3 Å². The molecule has 88 valence electrons. The van der Waals surface area contributed by atoms with E-state index in [1.165, 1.54) is 18.4 Å². The zero-order chi connectivity index (χ0) is 11.5. The van der Waals surface area contributed by atoms with E-state index in [9.17, 15) is 0 Å². The third-order valence-electron chi connectivity index (χ3n) is 3.62. The van der Waals surface area contributed by atoms with Crippen molar-refractivity contribution in [3.05, 3.63) is 34.9 Å². The van der Waals surface area contributed by atoms with Gasteiger partial charge >= 0.3 is 0 Å². The second-order valence-corrected chi connectivity index (χ2v) is 5.05. The molecule has 2 unspecified atom stereocenters. The van der Waals surface area contributed by atoms with Crippen molar-refractivity contribution in [1.82, 2.24) is 4.90 Å². The molecule has 0 aliphatic heterocycles. The van der Waals surface area contributed by atoms with Gasteiger partial charge in [-0.25, -0.2) is 0 Å². The molecule has 1 saturated carbocycles. The molecule has 2 rings (SSSR count). The fraction of sp³-hybridized carbons (Fsp3) is 0.538. The molecule has 3 heteroatoms. The van der Waals surface area contributed by atoms with Crippen molar-refractivity contribution >= 4 is 11.6 Å². The Labute approximate surface area is 102 Å². The normalized spacial score (nSPS) is 24.5. The van der Waals surface area contributed by atoms with Crippen LogP contribution in [0.15, 0.2) is 24.3 Å². The Hall–Kier alpha value is -0.570. The molecule has 0 aromatic heterocycles. The first-order valence-corrected chi connectivity index (χ1v) is 6.24. The fourth-order valence-corrected chi connectivity index (χ4v) is 2.61. The minimum absolute atomic E-state index is 0.640. The van der Waals surface area contributed by atoms with E-state index < -0.39 is 0 Å². The second kappa shape index (κ2) is 5.17. The van der Waals surface area contributed by atoms with E-state index in [1.807, 2.05) is 18.2 Å². The van der Waals surface area contributed by atoms with E-state index in [1.54, 1.807) is 0 Å². The SMILES string of the molecule is CN(Cc1ccccc1Cl)C1CCC1CN. The number of nitrogens with two attached hydrogens (primary N) is 1. The molecule has 2 nitrogen and oxygen atoms in total. The van der Waals surface area contributed by atoms with Crippen molar-refractivity contribution in [2.75, 3.05) is 13.6 Å². The van der Waals surface area contributed by atoms with Crippen LogP contribution in [0.2, 0.25) is 5.02 Å². The van der Waals surface area contributed by atoms with Crippen molar-refractivity contribution in [3.63, 3.8) is 0 Å². The molecule has 0 bridgehead atoms. The van der Waals surface area contributed by atoms with Gasteiger partial charge in [-0.15, -0.1) is 0 Å². The van der Waals surface area contributed by atoms with Gasteiger partial charge in [-0.05, 0) is 44.0 Å². The van der Waals surface area contributed by atoms with Gasteiger partial charge < -0.3 is 5.73 Å². The molecule has 1 aliphatic carbocycles. The van der Waals surface area contributed by atoms with Crippen molar-refractivity contribution in [2.24, 2.45) is 11.7 Å². The van der Waals surface area contributed by atoms with Crippen molar-refractivity contribution < 1.29 is 0 Å². The molecule has 1 aromatic carbocycles. The largest absolute Gasteiger partial charge is 0.330 e. The first-order chi connectivity index (χ1) is 7.72. The molecule has 0 heterocycles.